The van der Waals surface area contributed by atoms with Crippen molar-refractivity contribution in [2.45, 2.75) is 31.3 Å². The van der Waals surface area contributed by atoms with Crippen molar-refractivity contribution in [3.63, 3.8) is 0 Å². The zero-order chi connectivity index (χ0) is 21.1. The predicted molar refractivity (Wildman–Crippen MR) is 118 cm³/mol. The lowest BCUT2D eigenvalue weighted by Crippen LogP contribution is -2.33. The van der Waals surface area contributed by atoms with Crippen LogP contribution in [0.15, 0.2) is 70.5 Å². The van der Waals surface area contributed by atoms with Crippen LogP contribution in [-0.2, 0) is 30.5 Å². The number of benzene rings is 1. The van der Waals surface area contributed by atoms with Gasteiger partial charge >= 0.3 is 0 Å². The maximum absolute atomic E-state index is 12.9. The Morgan fingerprint density at radius 2 is 1.93 bits per heavy atom. The van der Waals surface area contributed by atoms with Crippen LogP contribution >= 0.6 is 0 Å². The predicted octanol–water partition coefficient (Wildman–Crippen LogP) is 2.75. The number of nitrogens with zero attached hydrogens (tertiary/aromatic N) is 3. The second-order valence-corrected chi connectivity index (χ2v) is 8.84. The van der Waals surface area contributed by atoms with Gasteiger partial charge in [0, 0.05) is 31.9 Å². The van der Waals surface area contributed by atoms with Gasteiger partial charge in [0.15, 0.2) is 0 Å². The summed E-state index contributed by atoms with van der Waals surface area (Å²) in [6.07, 6.45) is 4.09. The minimum atomic E-state index is -1.25. The fraction of sp³-hybridized carbons (Fsp3) is 0.318. The Hall–Kier alpha value is -2.64. The van der Waals surface area contributed by atoms with Gasteiger partial charge in [0.25, 0.3) is 5.56 Å². The molecule has 0 saturated carbocycles. The van der Waals surface area contributed by atoms with Gasteiger partial charge in [-0.3, -0.25) is 9.89 Å². The Morgan fingerprint density at radius 1 is 1.24 bits per heavy atom. The molecule has 6 nitrogen and oxygen atoms in total. The minimum Gasteiger partial charge on any atom is -0.377 e. The maximum Gasteiger partial charge on any atom is 0.270 e. The fourth-order valence-electron chi connectivity index (χ4n) is 3.53. The molecule has 1 aliphatic heterocycles. The number of allylic oxidation sites excluding steroid dienone is 3. The molecule has 1 N–H and O–H groups in total. The first-order valence-electron chi connectivity index (χ1n) is 9.55. The molecule has 0 fully saturated rings. The van der Waals surface area contributed by atoms with Gasteiger partial charge < -0.3 is 4.90 Å². The molecule has 1 aliphatic rings. The Morgan fingerprint density at radius 3 is 2.52 bits per heavy atom. The number of aromatic nitrogens is 2. The monoisotopic (exact) mass is 412 g/mol. The Kier molecular flexibility index (Phi) is 6.39. The molecule has 154 valence electrons. The van der Waals surface area contributed by atoms with Crippen molar-refractivity contribution in [1.82, 2.24) is 19.0 Å². The van der Waals surface area contributed by atoms with Gasteiger partial charge in [0.1, 0.15) is 11.0 Å². The van der Waals surface area contributed by atoms with Crippen LogP contribution in [0.3, 0.4) is 0 Å². The number of likely N-dealkylation sites (N-methyl/N-ethyl adjacent to an activating group) is 1. The van der Waals surface area contributed by atoms with E-state index in [4.69, 9.17) is 0 Å². The fourth-order valence-corrected chi connectivity index (χ4v) is 4.70. The van der Waals surface area contributed by atoms with E-state index in [-0.39, 0.29) is 5.56 Å². The highest BCUT2D eigenvalue weighted by Gasteiger charge is 2.26. The summed E-state index contributed by atoms with van der Waals surface area (Å²) in [5, 5.41) is 3.22. The highest BCUT2D eigenvalue weighted by Crippen LogP contribution is 2.21. The van der Waals surface area contributed by atoms with Gasteiger partial charge in [-0.25, -0.2) is 13.2 Å². The molecule has 3 rings (SSSR count). The first kappa shape index (κ1) is 21.1. The number of nitrogens with one attached hydrogen (secondary N) is 1. The summed E-state index contributed by atoms with van der Waals surface area (Å²) < 4.78 is 16.4. The summed E-state index contributed by atoms with van der Waals surface area (Å²) in [6, 6.07) is 7.72. The van der Waals surface area contributed by atoms with Gasteiger partial charge in [-0.05, 0) is 37.1 Å². The van der Waals surface area contributed by atoms with Crippen molar-refractivity contribution in [2.24, 2.45) is 0 Å². The van der Waals surface area contributed by atoms with Crippen molar-refractivity contribution in [1.29, 1.82) is 0 Å². The highest BCUT2D eigenvalue weighted by molar-refractivity contribution is 7.82. The molecule has 0 spiro atoms. The zero-order valence-electron chi connectivity index (χ0n) is 17.3. The van der Waals surface area contributed by atoms with Crippen LogP contribution in [0.4, 0.5) is 0 Å². The Bertz CT molecular complexity index is 1030. The summed E-state index contributed by atoms with van der Waals surface area (Å²) in [6.45, 7) is 11.2. The summed E-state index contributed by atoms with van der Waals surface area (Å²) in [4.78, 5) is 15.6. The molecule has 1 aromatic carbocycles. The average molecular weight is 413 g/mol. The SMILES string of the molecule is C=C/C(Cn1[nH]c2c(c1=O)CCN(S(=O)c1ccc(C)cc1)C2)=C(\C=C)N(C)C. The normalized spacial score (nSPS) is 16.0. The third kappa shape index (κ3) is 4.36. The lowest BCUT2D eigenvalue weighted by Gasteiger charge is -2.24. The number of aryl methyl sites for hydroxylation is 1. The largest absolute Gasteiger partial charge is 0.377 e. The zero-order valence-corrected chi connectivity index (χ0v) is 18.1. The van der Waals surface area contributed by atoms with E-state index in [9.17, 15) is 9.00 Å². The Labute approximate surface area is 174 Å². The molecular formula is C22H28N4O2S. The lowest BCUT2D eigenvalue weighted by molar-refractivity contribution is 0.414. The van der Waals surface area contributed by atoms with Gasteiger partial charge in [0.05, 0.1) is 23.7 Å². The number of aromatic amines is 1. The lowest BCUT2D eigenvalue weighted by atomic mass is 10.1. The third-order valence-electron chi connectivity index (χ3n) is 5.12. The molecule has 29 heavy (non-hydrogen) atoms. The first-order chi connectivity index (χ1) is 13.8. The van der Waals surface area contributed by atoms with Crippen molar-refractivity contribution in [3.05, 3.63) is 88.0 Å². The molecule has 0 radical (unpaired) electrons. The molecule has 0 saturated heterocycles. The average Bonchev–Trinajstić information content (AvgIpc) is 3.02. The molecule has 1 unspecified atom stereocenters. The van der Waals surface area contributed by atoms with Gasteiger partial charge in [-0.2, -0.15) is 0 Å². The molecule has 1 atom stereocenters. The van der Waals surface area contributed by atoms with E-state index in [1.54, 1.807) is 16.8 Å². The minimum absolute atomic E-state index is 0.0257. The van der Waals surface area contributed by atoms with Crippen molar-refractivity contribution in [2.75, 3.05) is 20.6 Å². The second-order valence-electron chi connectivity index (χ2n) is 7.35. The smallest absolute Gasteiger partial charge is 0.270 e. The van der Waals surface area contributed by atoms with E-state index < -0.39 is 11.0 Å². The third-order valence-corrected chi connectivity index (χ3v) is 6.58. The second kappa shape index (κ2) is 8.80. The first-order valence-corrected chi connectivity index (χ1v) is 10.7. The molecule has 2 heterocycles. The molecule has 0 aliphatic carbocycles. The summed E-state index contributed by atoms with van der Waals surface area (Å²) in [5.74, 6) is 0. The summed E-state index contributed by atoms with van der Waals surface area (Å²) in [7, 11) is 2.61. The number of hydrogen-bond donors (Lipinski definition) is 1. The van der Waals surface area contributed by atoms with E-state index in [0.717, 1.165) is 33.0 Å². The van der Waals surface area contributed by atoms with Crippen LogP contribution in [0.5, 0.6) is 0 Å². The van der Waals surface area contributed by atoms with Crippen molar-refractivity contribution < 1.29 is 4.21 Å². The molecule has 2 aromatic rings. The van der Waals surface area contributed by atoms with E-state index in [2.05, 4.69) is 18.3 Å². The van der Waals surface area contributed by atoms with Crippen LogP contribution < -0.4 is 5.56 Å². The quantitative estimate of drug-likeness (QED) is 0.712. The van der Waals surface area contributed by atoms with Gasteiger partial charge in [-0.1, -0.05) is 36.9 Å². The van der Waals surface area contributed by atoms with Crippen LogP contribution in [0.1, 0.15) is 16.8 Å². The number of fused-ring (bicyclic) bond motifs is 1. The molecule has 1 aromatic heterocycles. The van der Waals surface area contributed by atoms with Crippen molar-refractivity contribution >= 4 is 11.0 Å². The van der Waals surface area contributed by atoms with Crippen LogP contribution in [0.2, 0.25) is 0 Å². The summed E-state index contributed by atoms with van der Waals surface area (Å²) in [5.41, 5.74) is 4.54. The van der Waals surface area contributed by atoms with Gasteiger partial charge in [0.2, 0.25) is 0 Å². The Balaban J connectivity index is 1.85. The number of hydrogen-bond acceptors (Lipinski definition) is 3. The molecule has 0 bridgehead atoms. The molecular weight excluding hydrogens is 384 g/mol. The van der Waals surface area contributed by atoms with E-state index >= 15 is 0 Å². The van der Waals surface area contributed by atoms with E-state index in [0.29, 0.717) is 26.1 Å². The number of rotatable bonds is 7. The molecule has 0 amide bonds. The van der Waals surface area contributed by atoms with Crippen LogP contribution in [-0.4, -0.2) is 43.8 Å². The summed E-state index contributed by atoms with van der Waals surface area (Å²) >= 11 is 0. The standard InChI is InChI=1S/C22H28N4O2S/c1-6-17(21(7-2)24(4)5)14-26-22(27)19-12-13-25(15-20(19)23-26)29(28)18-10-8-16(3)9-11-18/h6-11,23H,1-2,12-15H2,3-5H3/b21-17-. The van der Waals surface area contributed by atoms with Gasteiger partial charge in [-0.15, -0.1) is 0 Å². The highest BCUT2D eigenvalue weighted by atomic mass is 32.2. The van der Waals surface area contributed by atoms with E-state index in [1.165, 1.54) is 0 Å². The number of H-pyrrole nitrogens is 1. The molecule has 7 heteroatoms. The van der Waals surface area contributed by atoms with Crippen molar-refractivity contribution in [3.8, 4) is 0 Å². The van der Waals surface area contributed by atoms with E-state index in [1.807, 2.05) is 54.5 Å². The maximum atomic E-state index is 12.9. The van der Waals surface area contributed by atoms with Crippen LogP contribution in [0.25, 0.3) is 0 Å². The topological polar surface area (TPSA) is 61.3 Å². The van der Waals surface area contributed by atoms with Crippen LogP contribution in [0, 0.1) is 6.92 Å².